The summed E-state index contributed by atoms with van der Waals surface area (Å²) in [5.41, 5.74) is -0.440. The standard InChI is InChI=1S/C10H8F4N2O2/c1-17-9-7(4-11)6(2-3-15)8(5-16-9)18-10(12,13)14/h5H,2,4H2,1H3. The summed E-state index contributed by atoms with van der Waals surface area (Å²) in [4.78, 5) is 3.50. The fourth-order valence-electron chi connectivity index (χ4n) is 1.35. The van der Waals surface area contributed by atoms with Gasteiger partial charge in [-0.15, -0.1) is 13.2 Å². The van der Waals surface area contributed by atoms with E-state index in [2.05, 4.69) is 9.72 Å². The Hall–Kier alpha value is -2.04. The summed E-state index contributed by atoms with van der Waals surface area (Å²) in [5.74, 6) is -0.866. The van der Waals surface area contributed by atoms with Gasteiger partial charge in [-0.2, -0.15) is 5.26 Å². The summed E-state index contributed by atoms with van der Waals surface area (Å²) < 4.78 is 57.6. The molecule has 0 atom stereocenters. The predicted molar refractivity (Wildman–Crippen MR) is 51.6 cm³/mol. The summed E-state index contributed by atoms with van der Waals surface area (Å²) >= 11 is 0. The zero-order valence-electron chi connectivity index (χ0n) is 9.21. The van der Waals surface area contributed by atoms with Gasteiger partial charge in [0, 0.05) is 5.56 Å². The molecule has 0 spiro atoms. The van der Waals surface area contributed by atoms with Crippen LogP contribution in [-0.4, -0.2) is 18.5 Å². The van der Waals surface area contributed by atoms with Crippen LogP contribution in [0.3, 0.4) is 0 Å². The molecule has 0 amide bonds. The Morgan fingerprint density at radius 1 is 1.39 bits per heavy atom. The smallest absolute Gasteiger partial charge is 0.481 e. The molecular weight excluding hydrogens is 256 g/mol. The van der Waals surface area contributed by atoms with Gasteiger partial charge >= 0.3 is 6.36 Å². The maximum atomic E-state index is 12.8. The molecule has 0 unspecified atom stereocenters. The number of rotatable bonds is 4. The quantitative estimate of drug-likeness (QED) is 0.784. The number of halogens is 4. The van der Waals surface area contributed by atoms with Gasteiger partial charge in [0.25, 0.3) is 0 Å². The van der Waals surface area contributed by atoms with Crippen LogP contribution in [0.5, 0.6) is 11.6 Å². The van der Waals surface area contributed by atoms with Gasteiger partial charge in [0.2, 0.25) is 5.88 Å². The van der Waals surface area contributed by atoms with Crippen molar-refractivity contribution in [3.63, 3.8) is 0 Å². The summed E-state index contributed by atoms with van der Waals surface area (Å²) in [6.45, 7) is -1.11. The van der Waals surface area contributed by atoms with Crippen LogP contribution in [0.1, 0.15) is 11.1 Å². The van der Waals surface area contributed by atoms with Gasteiger partial charge in [0.15, 0.2) is 5.75 Å². The van der Waals surface area contributed by atoms with E-state index in [9.17, 15) is 17.6 Å². The van der Waals surface area contributed by atoms with Gasteiger partial charge in [-0.1, -0.05) is 0 Å². The van der Waals surface area contributed by atoms with E-state index >= 15 is 0 Å². The molecule has 18 heavy (non-hydrogen) atoms. The minimum atomic E-state index is -4.94. The Morgan fingerprint density at radius 3 is 2.50 bits per heavy atom. The molecule has 0 aromatic carbocycles. The third-order valence-electron chi connectivity index (χ3n) is 2.03. The number of pyridine rings is 1. The molecular formula is C10H8F4N2O2. The van der Waals surface area contributed by atoms with E-state index in [-0.39, 0.29) is 17.0 Å². The van der Waals surface area contributed by atoms with E-state index in [0.717, 1.165) is 6.20 Å². The number of hydrogen-bond acceptors (Lipinski definition) is 4. The molecule has 0 radical (unpaired) electrons. The van der Waals surface area contributed by atoms with E-state index in [0.29, 0.717) is 0 Å². The molecule has 0 aliphatic rings. The second kappa shape index (κ2) is 5.53. The largest absolute Gasteiger partial charge is 0.573 e. The molecule has 1 rings (SSSR count). The molecule has 0 aliphatic carbocycles. The lowest BCUT2D eigenvalue weighted by atomic mass is 10.1. The van der Waals surface area contributed by atoms with Crippen LogP contribution in [0.2, 0.25) is 0 Å². The van der Waals surface area contributed by atoms with Crippen molar-refractivity contribution in [1.82, 2.24) is 4.98 Å². The molecule has 0 saturated heterocycles. The van der Waals surface area contributed by atoms with Crippen molar-refractivity contribution >= 4 is 0 Å². The average molecular weight is 264 g/mol. The molecule has 98 valence electrons. The first-order valence-electron chi connectivity index (χ1n) is 4.66. The van der Waals surface area contributed by atoms with Crippen molar-refractivity contribution in [3.8, 4) is 17.7 Å². The van der Waals surface area contributed by atoms with Gasteiger partial charge in [-0.25, -0.2) is 9.37 Å². The van der Waals surface area contributed by atoms with E-state index in [1.807, 2.05) is 0 Å². The van der Waals surface area contributed by atoms with Crippen molar-refractivity contribution in [2.24, 2.45) is 0 Å². The van der Waals surface area contributed by atoms with Crippen LogP contribution in [-0.2, 0) is 13.1 Å². The van der Waals surface area contributed by atoms with Gasteiger partial charge in [-0.05, 0) is 0 Å². The van der Waals surface area contributed by atoms with Crippen LogP contribution >= 0.6 is 0 Å². The van der Waals surface area contributed by atoms with Gasteiger partial charge in [0.05, 0.1) is 31.4 Å². The lowest BCUT2D eigenvalue weighted by Crippen LogP contribution is -2.19. The zero-order valence-corrected chi connectivity index (χ0v) is 9.21. The molecule has 1 aromatic rings. The lowest BCUT2D eigenvalue weighted by Gasteiger charge is -2.15. The summed E-state index contributed by atoms with van der Waals surface area (Å²) in [6.07, 6.45) is -4.63. The normalized spacial score (nSPS) is 10.9. The van der Waals surface area contributed by atoms with Crippen LogP contribution < -0.4 is 9.47 Å². The summed E-state index contributed by atoms with van der Waals surface area (Å²) in [5, 5.41) is 8.56. The first-order chi connectivity index (χ1) is 8.42. The van der Waals surface area contributed by atoms with E-state index < -0.39 is 25.2 Å². The van der Waals surface area contributed by atoms with Crippen molar-refractivity contribution in [2.45, 2.75) is 19.5 Å². The van der Waals surface area contributed by atoms with Crippen molar-refractivity contribution in [2.75, 3.05) is 7.11 Å². The highest BCUT2D eigenvalue weighted by molar-refractivity contribution is 5.45. The highest BCUT2D eigenvalue weighted by Crippen LogP contribution is 2.32. The molecule has 0 aliphatic heterocycles. The molecule has 1 aromatic heterocycles. The average Bonchev–Trinajstić information content (AvgIpc) is 2.29. The minimum Gasteiger partial charge on any atom is -0.481 e. The maximum absolute atomic E-state index is 12.8. The van der Waals surface area contributed by atoms with Gasteiger partial charge < -0.3 is 9.47 Å². The Labute approximate surface area is 99.8 Å². The van der Waals surface area contributed by atoms with Crippen LogP contribution in [0.4, 0.5) is 17.6 Å². The number of alkyl halides is 4. The molecule has 0 bridgehead atoms. The third-order valence-corrected chi connectivity index (χ3v) is 2.03. The van der Waals surface area contributed by atoms with Crippen molar-refractivity contribution < 1.29 is 27.0 Å². The van der Waals surface area contributed by atoms with E-state index in [1.54, 1.807) is 6.07 Å². The topological polar surface area (TPSA) is 55.1 Å². The number of nitriles is 1. The number of methoxy groups -OCH3 is 1. The predicted octanol–water partition coefficient (Wildman–Crippen LogP) is 2.52. The number of hydrogen-bond donors (Lipinski definition) is 0. The zero-order chi connectivity index (χ0) is 13.8. The molecule has 8 heteroatoms. The van der Waals surface area contributed by atoms with E-state index in [1.165, 1.54) is 7.11 Å². The number of nitrogens with zero attached hydrogens (tertiary/aromatic N) is 2. The fraction of sp³-hybridized carbons (Fsp3) is 0.400. The Morgan fingerprint density at radius 2 is 2.06 bits per heavy atom. The van der Waals surface area contributed by atoms with Crippen LogP contribution in [0, 0.1) is 11.3 Å². The Bertz CT molecular complexity index is 468. The van der Waals surface area contributed by atoms with Crippen LogP contribution in [0.15, 0.2) is 6.20 Å². The SMILES string of the molecule is COc1ncc(OC(F)(F)F)c(CC#N)c1CF. The third kappa shape index (κ3) is 3.23. The highest BCUT2D eigenvalue weighted by Gasteiger charge is 2.33. The Kier molecular flexibility index (Phi) is 4.31. The maximum Gasteiger partial charge on any atom is 0.573 e. The lowest BCUT2D eigenvalue weighted by molar-refractivity contribution is -0.275. The number of ether oxygens (including phenoxy) is 2. The first-order valence-corrected chi connectivity index (χ1v) is 4.66. The molecule has 1 heterocycles. The van der Waals surface area contributed by atoms with Crippen molar-refractivity contribution in [3.05, 3.63) is 17.3 Å². The molecule has 4 nitrogen and oxygen atoms in total. The second-order valence-electron chi connectivity index (χ2n) is 3.11. The summed E-state index contributed by atoms with van der Waals surface area (Å²) in [6, 6.07) is 1.64. The highest BCUT2D eigenvalue weighted by atomic mass is 19.4. The molecule has 0 saturated carbocycles. The molecule has 0 N–H and O–H groups in total. The monoisotopic (exact) mass is 264 g/mol. The van der Waals surface area contributed by atoms with E-state index in [4.69, 9.17) is 10.00 Å². The van der Waals surface area contributed by atoms with Gasteiger partial charge in [0.1, 0.15) is 6.67 Å². The molecule has 0 fully saturated rings. The Balaban J connectivity index is 3.30. The number of aromatic nitrogens is 1. The minimum absolute atomic E-state index is 0.169. The second-order valence-corrected chi connectivity index (χ2v) is 3.11. The fourth-order valence-corrected chi connectivity index (χ4v) is 1.35. The summed E-state index contributed by atoms with van der Waals surface area (Å²) in [7, 11) is 1.20. The van der Waals surface area contributed by atoms with Crippen LogP contribution in [0.25, 0.3) is 0 Å². The van der Waals surface area contributed by atoms with Crippen molar-refractivity contribution in [1.29, 1.82) is 5.26 Å². The first kappa shape index (κ1) is 14.0. The van der Waals surface area contributed by atoms with Gasteiger partial charge in [-0.3, -0.25) is 0 Å².